The Morgan fingerprint density at radius 1 is 1.05 bits per heavy atom. The average molecular weight is 384 g/mol. The van der Waals surface area contributed by atoms with Crippen molar-refractivity contribution in [3.8, 4) is 0 Å². The third-order valence-corrected chi connectivity index (χ3v) is 6.62. The average Bonchev–Trinajstić information content (AvgIpc) is 2.53. The SMILES string of the molecule is C[C@@H]([C@@H](O)c1ccccc1)N(C)S(=O)(=O)c1ccccc1Br. The minimum atomic E-state index is -3.70. The molecule has 0 fully saturated rings. The summed E-state index contributed by atoms with van der Waals surface area (Å²) in [4.78, 5) is 0.185. The summed E-state index contributed by atoms with van der Waals surface area (Å²) in [7, 11) is -2.22. The maximum absolute atomic E-state index is 12.7. The number of likely N-dealkylation sites (N-methyl/N-ethyl adjacent to an activating group) is 1. The van der Waals surface area contributed by atoms with Crippen molar-refractivity contribution in [3.05, 3.63) is 64.6 Å². The van der Waals surface area contributed by atoms with Gasteiger partial charge in [-0.25, -0.2) is 8.42 Å². The summed E-state index contributed by atoms with van der Waals surface area (Å²) in [5, 5.41) is 10.4. The fraction of sp³-hybridized carbons (Fsp3) is 0.250. The van der Waals surface area contributed by atoms with Crippen LogP contribution in [-0.2, 0) is 10.0 Å². The van der Waals surface area contributed by atoms with E-state index in [0.29, 0.717) is 10.0 Å². The molecule has 2 aromatic carbocycles. The Morgan fingerprint density at radius 2 is 1.59 bits per heavy atom. The Labute approximate surface area is 139 Å². The van der Waals surface area contributed by atoms with Gasteiger partial charge in [0, 0.05) is 11.5 Å². The van der Waals surface area contributed by atoms with Crippen LogP contribution in [0.1, 0.15) is 18.6 Å². The smallest absolute Gasteiger partial charge is 0.244 e. The van der Waals surface area contributed by atoms with Crippen molar-refractivity contribution in [3.63, 3.8) is 0 Å². The first-order chi connectivity index (χ1) is 10.4. The molecule has 2 atom stereocenters. The van der Waals surface area contributed by atoms with E-state index >= 15 is 0 Å². The largest absolute Gasteiger partial charge is 0.387 e. The molecule has 118 valence electrons. The van der Waals surface area contributed by atoms with Crippen molar-refractivity contribution < 1.29 is 13.5 Å². The first-order valence-corrected chi connectivity index (χ1v) is 9.04. The molecule has 0 spiro atoms. The fourth-order valence-corrected chi connectivity index (χ4v) is 4.48. The second-order valence-corrected chi connectivity index (χ2v) is 7.87. The number of hydrogen-bond acceptors (Lipinski definition) is 3. The zero-order valence-electron chi connectivity index (χ0n) is 12.3. The first-order valence-electron chi connectivity index (χ1n) is 6.81. The van der Waals surface area contributed by atoms with Crippen molar-refractivity contribution in [2.24, 2.45) is 0 Å². The highest BCUT2D eigenvalue weighted by atomic mass is 79.9. The van der Waals surface area contributed by atoms with E-state index in [0.717, 1.165) is 0 Å². The minimum absolute atomic E-state index is 0.185. The lowest BCUT2D eigenvalue weighted by Crippen LogP contribution is -2.39. The molecule has 6 heteroatoms. The highest BCUT2D eigenvalue weighted by Gasteiger charge is 2.31. The van der Waals surface area contributed by atoms with Crippen LogP contribution in [0.3, 0.4) is 0 Å². The van der Waals surface area contributed by atoms with Gasteiger partial charge in [-0.2, -0.15) is 4.31 Å². The third-order valence-electron chi connectivity index (χ3n) is 3.67. The van der Waals surface area contributed by atoms with E-state index in [1.165, 1.54) is 17.4 Å². The number of aliphatic hydroxyl groups excluding tert-OH is 1. The molecule has 0 aliphatic carbocycles. The zero-order valence-corrected chi connectivity index (χ0v) is 14.8. The monoisotopic (exact) mass is 383 g/mol. The molecule has 0 bridgehead atoms. The topological polar surface area (TPSA) is 57.6 Å². The molecule has 1 N–H and O–H groups in total. The molecule has 0 aromatic heterocycles. The lowest BCUT2D eigenvalue weighted by atomic mass is 10.0. The van der Waals surface area contributed by atoms with Crippen LogP contribution in [0.15, 0.2) is 64.0 Å². The summed E-state index contributed by atoms with van der Waals surface area (Å²) in [6.07, 6.45) is -0.900. The van der Waals surface area contributed by atoms with Gasteiger partial charge in [-0.15, -0.1) is 0 Å². The van der Waals surface area contributed by atoms with Gasteiger partial charge in [-0.3, -0.25) is 0 Å². The Bertz CT molecular complexity index is 734. The summed E-state index contributed by atoms with van der Waals surface area (Å²) in [6, 6.07) is 15.1. The summed E-state index contributed by atoms with van der Waals surface area (Å²) < 4.78 is 27.1. The maximum atomic E-state index is 12.7. The van der Waals surface area contributed by atoms with Gasteiger partial charge in [0.25, 0.3) is 0 Å². The van der Waals surface area contributed by atoms with Crippen molar-refractivity contribution in [2.45, 2.75) is 24.0 Å². The van der Waals surface area contributed by atoms with E-state index in [1.807, 2.05) is 18.2 Å². The Hall–Kier alpha value is -1.21. The molecule has 0 radical (unpaired) electrons. The Balaban J connectivity index is 2.30. The van der Waals surface area contributed by atoms with Crippen LogP contribution < -0.4 is 0 Å². The van der Waals surface area contributed by atoms with E-state index in [2.05, 4.69) is 15.9 Å². The van der Waals surface area contributed by atoms with E-state index < -0.39 is 22.2 Å². The molecule has 0 aliphatic rings. The van der Waals surface area contributed by atoms with Gasteiger partial charge in [-0.05, 0) is 40.5 Å². The predicted octanol–water partition coefficient (Wildman–Crippen LogP) is 3.19. The molecule has 4 nitrogen and oxygen atoms in total. The minimum Gasteiger partial charge on any atom is -0.387 e. The van der Waals surface area contributed by atoms with E-state index in [4.69, 9.17) is 0 Å². The maximum Gasteiger partial charge on any atom is 0.244 e. The van der Waals surface area contributed by atoms with Gasteiger partial charge in [-0.1, -0.05) is 42.5 Å². The van der Waals surface area contributed by atoms with E-state index in [-0.39, 0.29) is 4.90 Å². The molecule has 22 heavy (non-hydrogen) atoms. The van der Waals surface area contributed by atoms with Crippen molar-refractivity contribution in [2.75, 3.05) is 7.05 Å². The standard InChI is InChI=1S/C16H18BrNO3S/c1-12(16(19)13-8-4-3-5-9-13)18(2)22(20,21)15-11-7-6-10-14(15)17/h3-12,16,19H,1-2H3/t12-,16+/m0/s1. The van der Waals surface area contributed by atoms with Crippen LogP contribution in [-0.4, -0.2) is 30.9 Å². The van der Waals surface area contributed by atoms with Crippen LogP contribution in [0.5, 0.6) is 0 Å². The summed E-state index contributed by atoms with van der Waals surface area (Å²) in [6.45, 7) is 1.69. The van der Waals surface area contributed by atoms with Crippen LogP contribution in [0, 0.1) is 0 Å². The molecule has 0 amide bonds. The molecular weight excluding hydrogens is 366 g/mol. The van der Waals surface area contributed by atoms with Crippen LogP contribution >= 0.6 is 15.9 Å². The zero-order chi connectivity index (χ0) is 16.3. The fourth-order valence-electron chi connectivity index (χ4n) is 2.16. The van der Waals surface area contributed by atoms with Crippen LogP contribution in [0.2, 0.25) is 0 Å². The van der Waals surface area contributed by atoms with Gasteiger partial charge in [0.1, 0.15) is 0 Å². The van der Waals surface area contributed by atoms with Crippen molar-refractivity contribution >= 4 is 26.0 Å². The highest BCUT2D eigenvalue weighted by molar-refractivity contribution is 9.10. The number of nitrogens with zero attached hydrogens (tertiary/aromatic N) is 1. The number of aliphatic hydroxyl groups is 1. The summed E-state index contributed by atoms with van der Waals surface area (Å²) >= 11 is 3.26. The van der Waals surface area contributed by atoms with Gasteiger partial charge in [0.2, 0.25) is 10.0 Å². The van der Waals surface area contributed by atoms with Crippen LogP contribution in [0.4, 0.5) is 0 Å². The van der Waals surface area contributed by atoms with E-state index in [1.54, 1.807) is 37.3 Å². The molecule has 0 unspecified atom stereocenters. The Kier molecular flexibility index (Phi) is 5.39. The normalized spacial score (nSPS) is 14.8. The highest BCUT2D eigenvalue weighted by Crippen LogP contribution is 2.28. The number of benzene rings is 2. The molecule has 0 saturated carbocycles. The molecule has 2 aromatic rings. The predicted molar refractivity (Wildman–Crippen MR) is 90.0 cm³/mol. The number of halogens is 1. The molecule has 2 rings (SSSR count). The second-order valence-electron chi connectivity index (χ2n) is 5.05. The molecular formula is C16H18BrNO3S. The summed E-state index contributed by atoms with van der Waals surface area (Å²) in [5.41, 5.74) is 0.684. The lowest BCUT2D eigenvalue weighted by molar-refractivity contribution is 0.108. The molecule has 0 heterocycles. The van der Waals surface area contributed by atoms with Crippen molar-refractivity contribution in [1.29, 1.82) is 0 Å². The number of rotatable bonds is 5. The molecule has 0 saturated heterocycles. The van der Waals surface area contributed by atoms with Crippen LogP contribution in [0.25, 0.3) is 0 Å². The lowest BCUT2D eigenvalue weighted by Gasteiger charge is -2.28. The van der Waals surface area contributed by atoms with Gasteiger partial charge in [0.15, 0.2) is 0 Å². The third kappa shape index (κ3) is 3.41. The van der Waals surface area contributed by atoms with Gasteiger partial charge < -0.3 is 5.11 Å². The van der Waals surface area contributed by atoms with Gasteiger partial charge >= 0.3 is 0 Å². The Morgan fingerprint density at radius 3 is 2.18 bits per heavy atom. The quantitative estimate of drug-likeness (QED) is 0.862. The first kappa shape index (κ1) is 17.1. The van der Waals surface area contributed by atoms with Crippen molar-refractivity contribution in [1.82, 2.24) is 4.31 Å². The van der Waals surface area contributed by atoms with E-state index in [9.17, 15) is 13.5 Å². The summed E-state index contributed by atoms with van der Waals surface area (Å²) in [5.74, 6) is 0. The second kappa shape index (κ2) is 6.91. The number of sulfonamides is 1. The van der Waals surface area contributed by atoms with Gasteiger partial charge in [0.05, 0.1) is 17.0 Å². The molecule has 0 aliphatic heterocycles. The number of hydrogen-bond donors (Lipinski definition) is 1.